The zero-order valence-corrected chi connectivity index (χ0v) is 22.5. The van der Waals surface area contributed by atoms with Crippen molar-refractivity contribution in [1.29, 1.82) is 0 Å². The normalized spacial score (nSPS) is 18.8. The second-order valence-electron chi connectivity index (χ2n) is 8.45. The Morgan fingerprint density at radius 2 is 1.87 bits per heavy atom. The highest BCUT2D eigenvalue weighted by atomic mass is 32.2. The smallest absolute Gasteiger partial charge is 0.408 e. The number of carboxylic acid groups (broad SMARTS) is 1. The van der Waals surface area contributed by atoms with E-state index >= 15 is 0 Å². The van der Waals surface area contributed by atoms with Gasteiger partial charge in [-0.25, -0.2) is 9.59 Å². The number of benzene rings is 1. The lowest BCUT2D eigenvalue weighted by molar-refractivity contribution is -0.151. The van der Waals surface area contributed by atoms with Crippen LogP contribution >= 0.6 is 23.1 Å². The molecule has 0 spiro atoms. The third-order valence-corrected chi connectivity index (χ3v) is 8.16. The number of alkyl carbamates (subject to hydrolysis) is 1. The number of hydrogen-bond donors (Lipinski definition) is 3. The molecule has 14 heteroatoms. The third kappa shape index (κ3) is 6.34. The molecule has 1 saturated heterocycles. The Morgan fingerprint density at radius 1 is 1.13 bits per heavy atom. The molecule has 39 heavy (non-hydrogen) atoms. The molecule has 2 aromatic rings. The number of amides is 3. The topological polar surface area (TPSA) is 161 Å². The number of esters is 1. The number of nitrogens with zero attached hydrogens (tertiary/aromatic N) is 1. The summed E-state index contributed by atoms with van der Waals surface area (Å²) in [6, 6.07) is 8.16. The van der Waals surface area contributed by atoms with Crippen LogP contribution in [0.3, 0.4) is 0 Å². The molecule has 2 aliphatic rings. The monoisotopic (exact) mass is 575 g/mol. The van der Waals surface area contributed by atoms with Crippen LogP contribution in [0.2, 0.25) is 0 Å². The van der Waals surface area contributed by atoms with Crippen molar-refractivity contribution in [1.82, 2.24) is 15.5 Å². The van der Waals surface area contributed by atoms with Gasteiger partial charge >= 0.3 is 18.0 Å². The van der Waals surface area contributed by atoms with Crippen molar-refractivity contribution in [2.24, 2.45) is 0 Å². The second-order valence-corrected chi connectivity index (χ2v) is 10.5. The summed E-state index contributed by atoms with van der Waals surface area (Å²) in [4.78, 5) is 63.4. The van der Waals surface area contributed by atoms with Crippen LogP contribution in [-0.2, 0) is 35.3 Å². The highest BCUT2D eigenvalue weighted by Gasteiger charge is 2.54. The molecule has 206 valence electrons. The summed E-state index contributed by atoms with van der Waals surface area (Å²) in [5.74, 6) is -2.33. The minimum Gasteiger partial charge on any atom is -0.497 e. The van der Waals surface area contributed by atoms with Gasteiger partial charge in [0.05, 0.1) is 7.11 Å². The van der Waals surface area contributed by atoms with E-state index in [9.17, 15) is 29.1 Å². The molecule has 3 amide bonds. The molecule has 0 aliphatic carbocycles. The fourth-order valence-corrected chi connectivity index (χ4v) is 6.07. The Morgan fingerprint density at radius 3 is 2.49 bits per heavy atom. The number of carbonyl (C=O) groups excluding carboxylic acids is 4. The predicted molar refractivity (Wildman–Crippen MR) is 140 cm³/mol. The molecule has 3 heterocycles. The average Bonchev–Trinajstić information content (AvgIpc) is 3.46. The molecule has 2 unspecified atom stereocenters. The number of carbonyl (C=O) groups is 5. The summed E-state index contributed by atoms with van der Waals surface area (Å²) in [6.45, 7) is 0.914. The van der Waals surface area contributed by atoms with E-state index in [-0.39, 0.29) is 30.2 Å². The van der Waals surface area contributed by atoms with Crippen LogP contribution < -0.4 is 15.4 Å². The van der Waals surface area contributed by atoms with Gasteiger partial charge in [-0.1, -0.05) is 18.2 Å². The quantitative estimate of drug-likeness (QED) is 0.282. The Hall–Kier alpha value is -4.04. The Kier molecular flexibility index (Phi) is 8.76. The van der Waals surface area contributed by atoms with E-state index in [1.807, 2.05) is 0 Å². The fourth-order valence-electron chi connectivity index (χ4n) is 3.97. The summed E-state index contributed by atoms with van der Waals surface area (Å²) in [6.07, 6.45) is -0.834. The Balaban J connectivity index is 1.41. The molecular formula is C25H25N3O9S2. The molecule has 1 fully saturated rings. The molecule has 3 atom stereocenters. The van der Waals surface area contributed by atoms with E-state index in [4.69, 9.17) is 14.2 Å². The summed E-state index contributed by atoms with van der Waals surface area (Å²) < 4.78 is 15.3. The first-order valence-corrected chi connectivity index (χ1v) is 13.6. The third-order valence-electron chi connectivity index (χ3n) is 5.88. The van der Waals surface area contributed by atoms with Gasteiger partial charge < -0.3 is 30.0 Å². The maximum atomic E-state index is 13.2. The van der Waals surface area contributed by atoms with Gasteiger partial charge in [0.25, 0.3) is 5.91 Å². The van der Waals surface area contributed by atoms with Crippen molar-refractivity contribution in [3.8, 4) is 5.75 Å². The van der Waals surface area contributed by atoms with Crippen LogP contribution in [0.1, 0.15) is 23.4 Å². The number of thioether (sulfide) groups is 1. The van der Waals surface area contributed by atoms with E-state index in [1.54, 1.807) is 48.9 Å². The first-order chi connectivity index (χ1) is 18.7. The highest BCUT2D eigenvalue weighted by Crippen LogP contribution is 2.40. The summed E-state index contributed by atoms with van der Waals surface area (Å²) in [7, 11) is 1.54. The number of methoxy groups -OCH3 is 1. The molecule has 4 rings (SSSR count). The molecule has 0 saturated carbocycles. The zero-order valence-electron chi connectivity index (χ0n) is 20.9. The maximum absolute atomic E-state index is 13.2. The maximum Gasteiger partial charge on any atom is 0.408 e. The van der Waals surface area contributed by atoms with Crippen LogP contribution in [0, 0.1) is 0 Å². The zero-order chi connectivity index (χ0) is 28.1. The number of β-lactam (4-membered cyclic amide) rings is 1. The number of nitrogens with one attached hydrogen (secondary N) is 2. The van der Waals surface area contributed by atoms with Gasteiger partial charge in [0.15, 0.2) is 0 Å². The van der Waals surface area contributed by atoms with Crippen molar-refractivity contribution >= 4 is 52.9 Å². The number of rotatable bonds is 10. The van der Waals surface area contributed by atoms with Crippen molar-refractivity contribution in [2.75, 3.05) is 19.5 Å². The van der Waals surface area contributed by atoms with Gasteiger partial charge in [-0.2, -0.15) is 0 Å². The SMILES string of the molecule is COc1ccc(COC(=O)NC(C(=O)N[C@H]2C(=O)N3C(C(=O)O)=C(COC(C)=O)CSC23)c2cccs2)cc1. The van der Waals surface area contributed by atoms with Crippen molar-refractivity contribution in [3.63, 3.8) is 0 Å². The first-order valence-electron chi connectivity index (χ1n) is 11.6. The van der Waals surface area contributed by atoms with Crippen LogP contribution in [0.25, 0.3) is 0 Å². The van der Waals surface area contributed by atoms with E-state index in [0.29, 0.717) is 16.2 Å². The predicted octanol–water partition coefficient (Wildman–Crippen LogP) is 2.03. The molecule has 1 aromatic carbocycles. The standard InChI is InChI=1S/C25H25N3O9S2/c1-13(29)36-11-15-12-39-23-19(22(31)28(23)20(15)24(32)33)26-21(30)18(17-4-3-9-38-17)27-25(34)37-10-14-5-7-16(35-2)8-6-14/h3-9,18-19,23H,10-12H2,1-2H3,(H,26,30)(H,27,34)(H,32,33)/t18?,19-,23?/m0/s1. The molecule has 0 radical (unpaired) electrons. The molecule has 1 aromatic heterocycles. The van der Waals surface area contributed by atoms with Crippen LogP contribution in [0.4, 0.5) is 4.79 Å². The second kappa shape index (κ2) is 12.2. The number of hydrogen-bond acceptors (Lipinski definition) is 10. The number of thiophene rings is 1. The molecule has 12 nitrogen and oxygen atoms in total. The van der Waals surface area contributed by atoms with Gasteiger partial charge in [-0.3, -0.25) is 19.3 Å². The lowest BCUT2D eigenvalue weighted by Crippen LogP contribution is -2.71. The van der Waals surface area contributed by atoms with E-state index < -0.39 is 47.3 Å². The summed E-state index contributed by atoms with van der Waals surface area (Å²) >= 11 is 2.48. The molecule has 2 aliphatic heterocycles. The van der Waals surface area contributed by atoms with Crippen molar-refractivity contribution in [3.05, 3.63) is 63.5 Å². The average molecular weight is 576 g/mol. The largest absolute Gasteiger partial charge is 0.497 e. The fraction of sp³-hybridized carbons (Fsp3) is 0.320. The summed E-state index contributed by atoms with van der Waals surface area (Å²) in [5, 5.41) is 16.0. The lowest BCUT2D eigenvalue weighted by Gasteiger charge is -2.49. The van der Waals surface area contributed by atoms with Crippen LogP contribution in [-0.4, -0.2) is 70.7 Å². The van der Waals surface area contributed by atoms with Gasteiger partial charge in [0.2, 0.25) is 5.91 Å². The van der Waals surface area contributed by atoms with Crippen LogP contribution in [0.15, 0.2) is 53.0 Å². The number of ether oxygens (including phenoxy) is 3. The minimum absolute atomic E-state index is 0.0383. The minimum atomic E-state index is -1.33. The van der Waals surface area contributed by atoms with Crippen molar-refractivity contribution < 1.29 is 43.3 Å². The lowest BCUT2D eigenvalue weighted by atomic mass is 10.0. The van der Waals surface area contributed by atoms with Gasteiger partial charge in [0.1, 0.15) is 42.1 Å². The number of carboxylic acids is 1. The molecular weight excluding hydrogens is 550 g/mol. The number of fused-ring (bicyclic) bond motifs is 1. The van der Waals surface area contributed by atoms with Gasteiger partial charge in [-0.15, -0.1) is 23.1 Å². The Bertz CT molecular complexity index is 1290. The molecule has 0 bridgehead atoms. The van der Waals surface area contributed by atoms with Crippen LogP contribution in [0.5, 0.6) is 5.75 Å². The van der Waals surface area contributed by atoms with E-state index in [0.717, 1.165) is 4.90 Å². The highest BCUT2D eigenvalue weighted by molar-refractivity contribution is 8.00. The molecule has 3 N–H and O–H groups in total. The number of aliphatic carboxylic acids is 1. The van der Waals surface area contributed by atoms with E-state index in [2.05, 4.69) is 10.6 Å². The van der Waals surface area contributed by atoms with Crippen molar-refractivity contribution in [2.45, 2.75) is 31.0 Å². The Labute approximate surface area is 231 Å². The first kappa shape index (κ1) is 28.0. The summed E-state index contributed by atoms with van der Waals surface area (Å²) in [5.41, 5.74) is 0.744. The van der Waals surface area contributed by atoms with E-state index in [1.165, 1.54) is 30.0 Å². The van der Waals surface area contributed by atoms with Gasteiger partial charge in [-0.05, 0) is 29.1 Å². The van der Waals surface area contributed by atoms with Gasteiger partial charge in [0, 0.05) is 23.1 Å².